The Bertz CT molecular complexity index is 1350. The van der Waals surface area contributed by atoms with E-state index < -0.39 is 5.60 Å². The summed E-state index contributed by atoms with van der Waals surface area (Å²) in [6.07, 6.45) is 4.49. The third-order valence-electron chi connectivity index (χ3n) is 8.72. The van der Waals surface area contributed by atoms with E-state index >= 15 is 0 Å². The predicted molar refractivity (Wildman–Crippen MR) is 170 cm³/mol. The van der Waals surface area contributed by atoms with Gasteiger partial charge < -0.3 is 20.1 Å². The molecule has 1 aliphatic heterocycles. The summed E-state index contributed by atoms with van der Waals surface area (Å²) in [5.41, 5.74) is 1.97. The fourth-order valence-corrected chi connectivity index (χ4v) is 6.34. The molecule has 3 aromatic carbocycles. The minimum absolute atomic E-state index is 0.0152. The molecular formula is C35H42ClN3O4. The van der Waals surface area contributed by atoms with Crippen LogP contribution in [0.2, 0.25) is 5.02 Å². The second kappa shape index (κ2) is 13.9. The number of halogens is 1. The number of carbonyl (C=O) groups is 2. The van der Waals surface area contributed by atoms with Gasteiger partial charge in [0.2, 0.25) is 0 Å². The molecule has 2 N–H and O–H groups in total. The van der Waals surface area contributed by atoms with Gasteiger partial charge >= 0.3 is 0 Å². The van der Waals surface area contributed by atoms with Crippen molar-refractivity contribution in [3.05, 3.63) is 101 Å². The molecule has 2 aliphatic rings. The molecule has 43 heavy (non-hydrogen) atoms. The summed E-state index contributed by atoms with van der Waals surface area (Å²) in [6, 6.07) is 25.4. The van der Waals surface area contributed by atoms with Crippen LogP contribution in [0.25, 0.3) is 0 Å². The van der Waals surface area contributed by atoms with Gasteiger partial charge in [0.15, 0.2) is 5.60 Å². The first-order chi connectivity index (χ1) is 20.7. The fraction of sp³-hybridized carbons (Fsp3) is 0.429. The lowest BCUT2D eigenvalue weighted by molar-refractivity contribution is -0.135. The van der Waals surface area contributed by atoms with Crippen molar-refractivity contribution in [2.75, 3.05) is 32.8 Å². The highest BCUT2D eigenvalue weighted by Crippen LogP contribution is 2.43. The first kappa shape index (κ1) is 31.0. The molecule has 0 radical (unpaired) electrons. The summed E-state index contributed by atoms with van der Waals surface area (Å²) >= 11 is 5.90. The number of rotatable bonds is 10. The smallest absolute Gasteiger partial charge is 0.263 e. The number of hydrogen-bond donors (Lipinski definition) is 2. The topological polar surface area (TPSA) is 79.9 Å². The maximum absolute atomic E-state index is 13.4. The lowest BCUT2D eigenvalue weighted by Gasteiger charge is -2.50. The van der Waals surface area contributed by atoms with Gasteiger partial charge in [0.1, 0.15) is 5.75 Å². The van der Waals surface area contributed by atoms with Crippen LogP contribution in [-0.4, -0.2) is 61.2 Å². The molecule has 0 aromatic heterocycles. The van der Waals surface area contributed by atoms with E-state index in [1.807, 2.05) is 38.1 Å². The van der Waals surface area contributed by atoms with Crippen molar-refractivity contribution in [3.8, 4) is 5.75 Å². The van der Waals surface area contributed by atoms with Gasteiger partial charge in [0, 0.05) is 41.8 Å². The second-order valence-electron chi connectivity index (χ2n) is 12.0. The summed E-state index contributed by atoms with van der Waals surface area (Å²) in [5.74, 6) is 0.396. The Balaban J connectivity index is 1.11. The van der Waals surface area contributed by atoms with Crippen LogP contribution in [0.4, 0.5) is 0 Å². The largest absolute Gasteiger partial charge is 0.478 e. The Morgan fingerprint density at radius 1 is 0.953 bits per heavy atom. The summed E-state index contributed by atoms with van der Waals surface area (Å²) in [6.45, 7) is 7.53. The molecule has 1 saturated carbocycles. The molecule has 0 atom stereocenters. The molecular weight excluding hydrogens is 562 g/mol. The van der Waals surface area contributed by atoms with E-state index in [4.69, 9.17) is 21.1 Å². The summed E-state index contributed by atoms with van der Waals surface area (Å²) in [4.78, 5) is 28.3. The Morgan fingerprint density at radius 2 is 1.60 bits per heavy atom. The molecule has 7 nitrogen and oxygen atoms in total. The zero-order valence-electron chi connectivity index (χ0n) is 25.1. The summed E-state index contributed by atoms with van der Waals surface area (Å²) in [7, 11) is 0. The molecule has 8 heteroatoms. The summed E-state index contributed by atoms with van der Waals surface area (Å²) < 4.78 is 11.8. The van der Waals surface area contributed by atoms with Crippen molar-refractivity contribution >= 4 is 23.4 Å². The first-order valence-electron chi connectivity index (χ1n) is 15.3. The quantitative estimate of drug-likeness (QED) is 0.308. The molecule has 1 saturated heterocycles. The van der Waals surface area contributed by atoms with E-state index in [0.717, 1.165) is 57.6 Å². The maximum atomic E-state index is 13.4. The highest BCUT2D eigenvalue weighted by molar-refractivity contribution is 6.30. The zero-order valence-corrected chi connectivity index (χ0v) is 25.9. The van der Waals surface area contributed by atoms with Crippen LogP contribution in [0.5, 0.6) is 5.75 Å². The van der Waals surface area contributed by atoms with Gasteiger partial charge in [-0.3, -0.25) is 14.5 Å². The fourth-order valence-electron chi connectivity index (χ4n) is 6.21. The molecule has 5 rings (SSSR count). The second-order valence-corrected chi connectivity index (χ2v) is 12.5. The Labute approximate surface area is 259 Å². The third kappa shape index (κ3) is 7.77. The molecule has 1 heterocycles. The van der Waals surface area contributed by atoms with E-state index in [9.17, 15) is 9.59 Å². The number of hydrogen-bond acceptors (Lipinski definition) is 5. The van der Waals surface area contributed by atoms with Gasteiger partial charge in [-0.2, -0.15) is 0 Å². The molecule has 0 spiro atoms. The average molecular weight is 604 g/mol. The van der Waals surface area contributed by atoms with Crippen LogP contribution < -0.4 is 15.4 Å². The predicted octanol–water partition coefficient (Wildman–Crippen LogP) is 5.76. The zero-order chi connectivity index (χ0) is 30.3. The van der Waals surface area contributed by atoms with E-state index in [2.05, 4.69) is 45.9 Å². The van der Waals surface area contributed by atoms with Gasteiger partial charge in [-0.25, -0.2) is 0 Å². The molecule has 228 valence electrons. The van der Waals surface area contributed by atoms with Crippen LogP contribution in [0, 0.1) is 0 Å². The van der Waals surface area contributed by atoms with Gasteiger partial charge in [0.05, 0.1) is 13.2 Å². The highest BCUT2D eigenvalue weighted by Gasteiger charge is 2.43. The number of ether oxygens (including phenoxy) is 2. The van der Waals surface area contributed by atoms with Crippen LogP contribution in [0.1, 0.15) is 61.0 Å². The number of nitrogens with zero attached hydrogens (tertiary/aromatic N) is 1. The standard InChI is InChI=1S/C35H42ClN3O4/c1-34(2,43-31-14-8-26(9-15-31)18-21-37-32(40)27-10-12-29(36)13-11-27)33(41)38-30-16-19-35(20-17-30,28-6-4-3-5-7-28)39-22-24-42-25-23-39/h3-15,30H,16-25H2,1-2H3,(H,37,40)(H,38,41). The minimum Gasteiger partial charge on any atom is -0.478 e. The number of morpholine rings is 1. The van der Waals surface area contributed by atoms with Crippen LogP contribution >= 0.6 is 11.6 Å². The van der Waals surface area contributed by atoms with Crippen LogP contribution in [-0.2, 0) is 21.5 Å². The van der Waals surface area contributed by atoms with Crippen molar-refractivity contribution < 1.29 is 19.1 Å². The number of amides is 2. The molecule has 2 fully saturated rings. The molecule has 3 aromatic rings. The Kier molecular flexibility index (Phi) is 10.1. The van der Waals surface area contributed by atoms with Gasteiger partial charge in [-0.15, -0.1) is 0 Å². The molecule has 1 aliphatic carbocycles. The van der Waals surface area contributed by atoms with Gasteiger partial charge in [-0.1, -0.05) is 54.1 Å². The van der Waals surface area contributed by atoms with Gasteiger partial charge in [-0.05, 0) is 93.5 Å². The van der Waals surface area contributed by atoms with Gasteiger partial charge in [0.25, 0.3) is 11.8 Å². The minimum atomic E-state index is -1.02. The van der Waals surface area contributed by atoms with Crippen molar-refractivity contribution in [3.63, 3.8) is 0 Å². The number of carbonyl (C=O) groups excluding carboxylic acids is 2. The van der Waals surface area contributed by atoms with Crippen LogP contribution in [0.15, 0.2) is 78.9 Å². The van der Waals surface area contributed by atoms with E-state index in [1.165, 1.54) is 5.56 Å². The normalized spacial score (nSPS) is 21.1. The van der Waals surface area contributed by atoms with Crippen molar-refractivity contribution in [2.24, 2.45) is 0 Å². The lowest BCUT2D eigenvalue weighted by atomic mass is 9.73. The van der Waals surface area contributed by atoms with Crippen molar-refractivity contribution in [2.45, 2.75) is 63.1 Å². The third-order valence-corrected chi connectivity index (χ3v) is 8.98. The SMILES string of the molecule is CC(C)(Oc1ccc(CCNC(=O)c2ccc(Cl)cc2)cc1)C(=O)NC1CCC(c2ccccc2)(N2CCOCC2)CC1. The highest BCUT2D eigenvalue weighted by atomic mass is 35.5. The number of nitrogens with one attached hydrogen (secondary N) is 2. The maximum Gasteiger partial charge on any atom is 0.263 e. The molecule has 2 amide bonds. The monoisotopic (exact) mass is 603 g/mol. The Hall–Kier alpha value is -3.39. The Morgan fingerprint density at radius 3 is 2.26 bits per heavy atom. The average Bonchev–Trinajstić information content (AvgIpc) is 3.03. The van der Waals surface area contributed by atoms with E-state index in [-0.39, 0.29) is 23.4 Å². The number of benzene rings is 3. The van der Waals surface area contributed by atoms with Crippen LogP contribution in [0.3, 0.4) is 0 Å². The molecule has 0 bridgehead atoms. The molecule has 0 unspecified atom stereocenters. The summed E-state index contributed by atoms with van der Waals surface area (Å²) in [5, 5.41) is 6.81. The van der Waals surface area contributed by atoms with Crippen molar-refractivity contribution in [1.82, 2.24) is 15.5 Å². The van der Waals surface area contributed by atoms with Crippen molar-refractivity contribution in [1.29, 1.82) is 0 Å². The first-order valence-corrected chi connectivity index (χ1v) is 15.6. The van der Waals surface area contributed by atoms with E-state index in [0.29, 0.717) is 29.3 Å². The lowest BCUT2D eigenvalue weighted by Crippen LogP contribution is -2.56. The van der Waals surface area contributed by atoms with E-state index in [1.54, 1.807) is 24.3 Å².